The molecule has 0 atom stereocenters. The average molecular weight is 240 g/mol. The maximum Gasteiger partial charge on any atom is 0.0406 e. The first-order chi connectivity index (χ1) is 6.77. The van der Waals surface area contributed by atoms with E-state index in [2.05, 4.69) is 0 Å². The lowest BCUT2D eigenvalue weighted by molar-refractivity contribution is 1.61. The molecule has 0 fully saturated rings. The van der Waals surface area contributed by atoms with E-state index >= 15 is 0 Å². The van der Waals surface area contributed by atoms with E-state index < -0.39 is 0 Å². The lowest BCUT2D eigenvalue weighted by Crippen LogP contribution is -1.88. The third-order valence-corrected chi connectivity index (χ3v) is 2.37. The summed E-state index contributed by atoms with van der Waals surface area (Å²) in [6.07, 6.45) is 0. The first-order valence-corrected chi connectivity index (χ1v) is 4.75. The number of rotatable bonds is 1. The van der Waals surface area contributed by atoms with Crippen LogP contribution >= 0.6 is 24.0 Å². The van der Waals surface area contributed by atoms with Crippen LogP contribution in [-0.2, 0) is 0 Å². The average Bonchev–Trinajstić information content (AvgIpc) is 2.20. The monoisotopic (exact) mass is 239 g/mol. The Labute approximate surface area is 100 Å². The summed E-state index contributed by atoms with van der Waals surface area (Å²) in [6.45, 7) is 0. The van der Waals surface area contributed by atoms with E-state index in [9.17, 15) is 0 Å². The second kappa shape index (κ2) is 5.06. The van der Waals surface area contributed by atoms with Gasteiger partial charge in [0.2, 0.25) is 0 Å². The predicted octanol–water partition coefficient (Wildman–Crippen LogP) is 4.01. The molecule has 2 aromatic rings. The lowest BCUT2D eigenvalue weighted by Gasteiger charge is -2.04. The highest BCUT2D eigenvalue weighted by Crippen LogP contribution is 2.26. The Bertz CT molecular complexity index is 438. The number of nitrogen functional groups attached to an aromatic ring is 1. The van der Waals surface area contributed by atoms with Gasteiger partial charge in [-0.1, -0.05) is 41.9 Å². The van der Waals surface area contributed by atoms with Crippen molar-refractivity contribution in [3.8, 4) is 11.1 Å². The number of nitrogens with two attached hydrogens (primary N) is 1. The number of benzene rings is 2. The van der Waals surface area contributed by atoms with E-state index in [4.69, 9.17) is 17.3 Å². The fourth-order valence-corrected chi connectivity index (χ4v) is 1.52. The second-order valence-electron chi connectivity index (χ2n) is 3.09. The SMILES string of the molecule is Cl.Nc1ccccc1-c1ccc(Cl)cc1. The second-order valence-corrected chi connectivity index (χ2v) is 3.53. The first kappa shape index (κ1) is 11.9. The number of anilines is 1. The van der Waals surface area contributed by atoms with Gasteiger partial charge in [0.1, 0.15) is 0 Å². The molecule has 0 radical (unpaired) electrons. The molecule has 0 bridgehead atoms. The van der Waals surface area contributed by atoms with Crippen molar-refractivity contribution in [1.29, 1.82) is 0 Å². The molecule has 0 aliphatic rings. The summed E-state index contributed by atoms with van der Waals surface area (Å²) in [4.78, 5) is 0. The Morgan fingerprint density at radius 2 is 1.47 bits per heavy atom. The van der Waals surface area contributed by atoms with Gasteiger partial charge in [-0.05, 0) is 23.8 Å². The Kier molecular flexibility index (Phi) is 4.01. The topological polar surface area (TPSA) is 26.0 Å². The molecule has 78 valence electrons. The molecular weight excluding hydrogens is 229 g/mol. The summed E-state index contributed by atoms with van der Waals surface area (Å²) in [5, 5.41) is 0.739. The summed E-state index contributed by atoms with van der Waals surface area (Å²) < 4.78 is 0. The van der Waals surface area contributed by atoms with Gasteiger partial charge in [0, 0.05) is 16.3 Å². The molecule has 0 aromatic heterocycles. The zero-order chi connectivity index (χ0) is 9.97. The Balaban J connectivity index is 0.00000112. The van der Waals surface area contributed by atoms with Gasteiger partial charge in [-0.25, -0.2) is 0 Å². The Morgan fingerprint density at radius 1 is 0.867 bits per heavy atom. The summed E-state index contributed by atoms with van der Waals surface area (Å²) in [5.41, 5.74) is 8.78. The van der Waals surface area contributed by atoms with Crippen molar-refractivity contribution in [1.82, 2.24) is 0 Å². The summed E-state index contributed by atoms with van der Waals surface area (Å²) in [7, 11) is 0. The van der Waals surface area contributed by atoms with Gasteiger partial charge in [0.25, 0.3) is 0 Å². The summed E-state index contributed by atoms with van der Waals surface area (Å²) in [5.74, 6) is 0. The van der Waals surface area contributed by atoms with Crippen molar-refractivity contribution in [3.63, 3.8) is 0 Å². The number of para-hydroxylation sites is 1. The highest BCUT2D eigenvalue weighted by atomic mass is 35.5. The molecular formula is C12H11Cl2N. The van der Waals surface area contributed by atoms with Crippen LogP contribution in [0.4, 0.5) is 5.69 Å². The van der Waals surface area contributed by atoms with Crippen LogP contribution in [0.2, 0.25) is 5.02 Å². The van der Waals surface area contributed by atoms with Crippen LogP contribution in [0.25, 0.3) is 11.1 Å². The van der Waals surface area contributed by atoms with Crippen LogP contribution in [0.1, 0.15) is 0 Å². The van der Waals surface area contributed by atoms with Gasteiger partial charge in [0.15, 0.2) is 0 Å². The maximum atomic E-state index is 5.86. The van der Waals surface area contributed by atoms with E-state index in [-0.39, 0.29) is 12.4 Å². The molecule has 0 aliphatic heterocycles. The zero-order valence-electron chi connectivity index (χ0n) is 7.98. The van der Waals surface area contributed by atoms with Crippen LogP contribution in [-0.4, -0.2) is 0 Å². The summed E-state index contributed by atoms with van der Waals surface area (Å²) >= 11 is 5.81. The Morgan fingerprint density at radius 3 is 2.07 bits per heavy atom. The smallest absolute Gasteiger partial charge is 0.0406 e. The van der Waals surface area contributed by atoms with E-state index in [0.29, 0.717) is 0 Å². The molecule has 0 unspecified atom stereocenters. The zero-order valence-corrected chi connectivity index (χ0v) is 9.55. The Hall–Kier alpha value is -1.18. The standard InChI is InChI=1S/C12H10ClN.ClH/c13-10-7-5-9(6-8-10)11-3-1-2-4-12(11)14;/h1-8H,14H2;1H. The van der Waals surface area contributed by atoms with Gasteiger partial charge in [-0.2, -0.15) is 0 Å². The van der Waals surface area contributed by atoms with Crippen molar-refractivity contribution in [3.05, 3.63) is 53.6 Å². The predicted molar refractivity (Wildman–Crippen MR) is 68.5 cm³/mol. The van der Waals surface area contributed by atoms with E-state index in [0.717, 1.165) is 21.8 Å². The molecule has 15 heavy (non-hydrogen) atoms. The van der Waals surface area contributed by atoms with Crippen LogP contribution in [0.5, 0.6) is 0 Å². The van der Waals surface area contributed by atoms with Crippen molar-refractivity contribution in [2.24, 2.45) is 0 Å². The minimum absolute atomic E-state index is 0. The van der Waals surface area contributed by atoms with Crippen molar-refractivity contribution < 1.29 is 0 Å². The van der Waals surface area contributed by atoms with E-state index in [1.807, 2.05) is 48.5 Å². The third-order valence-electron chi connectivity index (χ3n) is 2.12. The molecule has 3 heteroatoms. The maximum absolute atomic E-state index is 5.86. The fourth-order valence-electron chi connectivity index (χ4n) is 1.39. The van der Waals surface area contributed by atoms with Gasteiger partial charge >= 0.3 is 0 Å². The van der Waals surface area contributed by atoms with E-state index in [1.54, 1.807) is 0 Å². The molecule has 2 N–H and O–H groups in total. The highest BCUT2D eigenvalue weighted by molar-refractivity contribution is 6.30. The minimum Gasteiger partial charge on any atom is -0.398 e. The van der Waals surface area contributed by atoms with Crippen LogP contribution < -0.4 is 5.73 Å². The molecule has 2 rings (SSSR count). The molecule has 0 amide bonds. The van der Waals surface area contributed by atoms with Crippen molar-refractivity contribution >= 4 is 29.7 Å². The van der Waals surface area contributed by atoms with Gasteiger partial charge in [0.05, 0.1) is 0 Å². The molecule has 2 aromatic carbocycles. The largest absolute Gasteiger partial charge is 0.398 e. The fraction of sp³-hybridized carbons (Fsp3) is 0. The molecule has 0 saturated heterocycles. The minimum atomic E-state index is 0. The first-order valence-electron chi connectivity index (χ1n) is 4.38. The number of halogens is 2. The van der Waals surface area contributed by atoms with Crippen LogP contribution in [0, 0.1) is 0 Å². The third kappa shape index (κ3) is 2.65. The molecule has 1 nitrogen and oxygen atoms in total. The van der Waals surface area contributed by atoms with Gasteiger partial charge in [-0.15, -0.1) is 12.4 Å². The number of hydrogen-bond donors (Lipinski definition) is 1. The quantitative estimate of drug-likeness (QED) is 0.748. The molecule has 0 heterocycles. The van der Waals surface area contributed by atoms with Gasteiger partial charge in [-0.3, -0.25) is 0 Å². The van der Waals surface area contributed by atoms with Crippen molar-refractivity contribution in [2.75, 3.05) is 5.73 Å². The van der Waals surface area contributed by atoms with E-state index in [1.165, 1.54) is 0 Å². The molecule has 0 spiro atoms. The van der Waals surface area contributed by atoms with Crippen LogP contribution in [0.15, 0.2) is 48.5 Å². The highest BCUT2D eigenvalue weighted by Gasteiger charge is 2.00. The summed E-state index contributed by atoms with van der Waals surface area (Å²) in [6, 6.07) is 15.5. The van der Waals surface area contributed by atoms with Gasteiger partial charge < -0.3 is 5.73 Å². The van der Waals surface area contributed by atoms with Crippen molar-refractivity contribution in [2.45, 2.75) is 0 Å². The number of hydrogen-bond acceptors (Lipinski definition) is 1. The molecule has 0 saturated carbocycles. The molecule has 0 aliphatic carbocycles. The lowest BCUT2D eigenvalue weighted by atomic mass is 10.0. The normalized spacial score (nSPS) is 9.40. The van der Waals surface area contributed by atoms with Crippen LogP contribution in [0.3, 0.4) is 0 Å².